The van der Waals surface area contributed by atoms with E-state index in [1.807, 2.05) is 0 Å². The van der Waals surface area contributed by atoms with Crippen LogP contribution < -0.4 is 0 Å². The zero-order valence-corrected chi connectivity index (χ0v) is 24.2. The molecule has 1 atom stereocenters. The molecule has 1 aromatic rings. The molecule has 1 rings (SSSR count). The van der Waals surface area contributed by atoms with Gasteiger partial charge in [-0.1, -0.05) is 131 Å². The molecule has 0 aliphatic carbocycles. The van der Waals surface area contributed by atoms with Gasteiger partial charge in [0.05, 0.1) is 17.3 Å². The summed E-state index contributed by atoms with van der Waals surface area (Å²) >= 11 is 1.28. The molecule has 0 heterocycles. The predicted molar refractivity (Wildman–Crippen MR) is 149 cm³/mol. The maximum atomic E-state index is 11.6. The van der Waals surface area contributed by atoms with Crippen LogP contribution in [0, 0.1) is 0 Å². The third-order valence-electron chi connectivity index (χ3n) is 6.47. The van der Waals surface area contributed by atoms with Gasteiger partial charge in [-0.15, -0.1) is 0 Å². The molecule has 0 amide bonds. The first-order chi connectivity index (χ1) is 15.9. The Hall–Kier alpha value is -1.16. The van der Waals surface area contributed by atoms with E-state index in [1.165, 1.54) is 83.2 Å². The van der Waals surface area contributed by atoms with Crippen molar-refractivity contribution in [3.05, 3.63) is 28.8 Å². The molecular formula is C30H52O3S. The lowest BCUT2D eigenvalue weighted by molar-refractivity contribution is -0.130. The monoisotopic (exact) mass is 492 g/mol. The average molecular weight is 493 g/mol. The standard InChI is InChI=1S/C30H52O3S/c1-9-10-11-12-13-14-15-16-17-18-19-20-27(34-33-23(2)31)24-21-25(29(3,4)5)28(32)26(22-24)30(6,7)8/h21-22,27,32H,9-20H2,1-8H3. The summed E-state index contributed by atoms with van der Waals surface area (Å²) in [6.45, 7) is 16.5. The Morgan fingerprint density at radius 2 is 1.24 bits per heavy atom. The maximum Gasteiger partial charge on any atom is 0.314 e. The highest BCUT2D eigenvalue weighted by Gasteiger charge is 2.28. The second-order valence-corrected chi connectivity index (χ2v) is 12.9. The zero-order chi connectivity index (χ0) is 25.8. The van der Waals surface area contributed by atoms with Crippen LogP contribution in [0.4, 0.5) is 0 Å². The number of phenolic OH excluding ortho intramolecular Hbond substituents is 1. The van der Waals surface area contributed by atoms with Crippen molar-refractivity contribution < 1.29 is 14.1 Å². The Kier molecular flexibility index (Phi) is 13.7. The number of hydrogen-bond acceptors (Lipinski definition) is 4. The first-order valence-electron chi connectivity index (χ1n) is 13.6. The summed E-state index contributed by atoms with van der Waals surface area (Å²) in [6.07, 6.45) is 15.5. The van der Waals surface area contributed by atoms with E-state index in [9.17, 15) is 9.90 Å². The van der Waals surface area contributed by atoms with E-state index in [0.717, 1.165) is 29.5 Å². The Morgan fingerprint density at radius 1 is 0.824 bits per heavy atom. The van der Waals surface area contributed by atoms with E-state index in [4.69, 9.17) is 4.18 Å². The van der Waals surface area contributed by atoms with E-state index >= 15 is 0 Å². The molecule has 4 heteroatoms. The highest BCUT2D eigenvalue weighted by Crippen LogP contribution is 2.44. The normalized spacial score (nSPS) is 13.2. The minimum Gasteiger partial charge on any atom is -0.507 e. The van der Waals surface area contributed by atoms with Gasteiger partial charge in [-0.25, -0.2) is 0 Å². The fourth-order valence-electron chi connectivity index (χ4n) is 4.38. The minimum atomic E-state index is -0.264. The fraction of sp³-hybridized carbons (Fsp3) is 0.767. The average Bonchev–Trinajstić information content (AvgIpc) is 2.72. The van der Waals surface area contributed by atoms with Gasteiger partial charge in [0.1, 0.15) is 5.75 Å². The SMILES string of the molecule is CCCCCCCCCCCCCC(SOC(C)=O)c1cc(C(C)(C)C)c(O)c(C(C)(C)C)c1. The Bertz CT molecular complexity index is 693. The molecule has 0 fully saturated rings. The largest absolute Gasteiger partial charge is 0.507 e. The van der Waals surface area contributed by atoms with Gasteiger partial charge in [-0.05, 0) is 33.9 Å². The Balaban J connectivity index is 2.79. The number of carbonyl (C=O) groups is 1. The zero-order valence-electron chi connectivity index (χ0n) is 23.4. The Morgan fingerprint density at radius 3 is 1.62 bits per heavy atom. The van der Waals surface area contributed by atoms with Crippen LogP contribution >= 0.6 is 12.0 Å². The fourth-order valence-corrected chi connectivity index (χ4v) is 5.14. The lowest BCUT2D eigenvalue weighted by Crippen LogP contribution is -2.18. The minimum absolute atomic E-state index is 0.0743. The molecule has 1 unspecified atom stereocenters. The van der Waals surface area contributed by atoms with E-state index in [-0.39, 0.29) is 22.0 Å². The van der Waals surface area contributed by atoms with Crippen LogP contribution in [-0.2, 0) is 19.8 Å². The Labute approximate surface area is 215 Å². The van der Waals surface area contributed by atoms with Crippen molar-refractivity contribution in [1.29, 1.82) is 0 Å². The molecule has 1 N–H and O–H groups in total. The van der Waals surface area contributed by atoms with Gasteiger partial charge in [0.15, 0.2) is 0 Å². The molecular weight excluding hydrogens is 440 g/mol. The molecule has 0 saturated heterocycles. The van der Waals surface area contributed by atoms with Crippen molar-refractivity contribution in [3.8, 4) is 5.75 Å². The molecule has 3 nitrogen and oxygen atoms in total. The van der Waals surface area contributed by atoms with E-state index < -0.39 is 0 Å². The molecule has 0 aromatic heterocycles. The first-order valence-corrected chi connectivity index (χ1v) is 14.4. The van der Waals surface area contributed by atoms with Gasteiger partial charge in [-0.3, -0.25) is 4.79 Å². The molecule has 0 aliphatic heterocycles. The molecule has 0 spiro atoms. The molecule has 0 aliphatic rings. The van der Waals surface area contributed by atoms with Crippen molar-refractivity contribution in [2.75, 3.05) is 0 Å². The van der Waals surface area contributed by atoms with Gasteiger partial charge in [0.25, 0.3) is 0 Å². The molecule has 1 aromatic carbocycles. The predicted octanol–water partition coefficient (Wildman–Crippen LogP) is 9.94. The molecule has 196 valence electrons. The van der Waals surface area contributed by atoms with Crippen LogP contribution in [0.2, 0.25) is 0 Å². The number of aromatic hydroxyl groups is 1. The number of phenols is 1. The summed E-state index contributed by atoms with van der Waals surface area (Å²) in [6, 6.07) is 4.26. The number of carbonyl (C=O) groups excluding carboxylic acids is 1. The van der Waals surface area contributed by atoms with Crippen molar-refractivity contribution >= 4 is 18.0 Å². The van der Waals surface area contributed by atoms with Crippen molar-refractivity contribution in [3.63, 3.8) is 0 Å². The van der Waals surface area contributed by atoms with Crippen LogP contribution in [0.25, 0.3) is 0 Å². The van der Waals surface area contributed by atoms with E-state index in [0.29, 0.717) is 5.75 Å². The highest BCUT2D eigenvalue weighted by molar-refractivity contribution is 7.95. The summed E-state index contributed by atoms with van der Waals surface area (Å²) < 4.78 is 5.41. The second-order valence-electron chi connectivity index (χ2n) is 11.9. The summed E-state index contributed by atoms with van der Waals surface area (Å²) in [7, 11) is 0. The summed E-state index contributed by atoms with van der Waals surface area (Å²) in [4.78, 5) is 11.6. The van der Waals surface area contributed by atoms with Crippen LogP contribution in [0.15, 0.2) is 12.1 Å². The number of benzene rings is 1. The number of rotatable bonds is 15. The third kappa shape index (κ3) is 11.5. The maximum absolute atomic E-state index is 11.6. The van der Waals surface area contributed by atoms with Crippen LogP contribution in [0.1, 0.15) is 154 Å². The van der Waals surface area contributed by atoms with Gasteiger partial charge >= 0.3 is 5.97 Å². The van der Waals surface area contributed by atoms with Crippen molar-refractivity contribution in [2.45, 2.75) is 149 Å². The van der Waals surface area contributed by atoms with Crippen molar-refractivity contribution in [1.82, 2.24) is 0 Å². The lowest BCUT2D eigenvalue weighted by atomic mass is 9.78. The van der Waals surface area contributed by atoms with Crippen LogP contribution in [0.5, 0.6) is 5.75 Å². The third-order valence-corrected chi connectivity index (χ3v) is 7.54. The van der Waals surface area contributed by atoms with Crippen LogP contribution in [0.3, 0.4) is 0 Å². The topological polar surface area (TPSA) is 46.5 Å². The van der Waals surface area contributed by atoms with Gasteiger partial charge in [-0.2, -0.15) is 0 Å². The highest BCUT2D eigenvalue weighted by atomic mass is 32.2. The number of unbranched alkanes of at least 4 members (excludes halogenated alkanes) is 10. The van der Waals surface area contributed by atoms with E-state index in [1.54, 1.807) is 0 Å². The summed E-state index contributed by atoms with van der Waals surface area (Å²) in [5.41, 5.74) is 2.72. The van der Waals surface area contributed by atoms with Gasteiger partial charge in [0.2, 0.25) is 0 Å². The quantitative estimate of drug-likeness (QED) is 0.195. The van der Waals surface area contributed by atoms with E-state index in [2.05, 4.69) is 60.6 Å². The molecule has 0 saturated carbocycles. The van der Waals surface area contributed by atoms with Crippen molar-refractivity contribution in [2.24, 2.45) is 0 Å². The molecule has 0 radical (unpaired) electrons. The first kappa shape index (κ1) is 30.9. The van der Waals surface area contributed by atoms with Crippen LogP contribution in [-0.4, -0.2) is 11.1 Å². The summed E-state index contributed by atoms with van der Waals surface area (Å²) in [5, 5.41) is 11.1. The second kappa shape index (κ2) is 15.1. The smallest absolute Gasteiger partial charge is 0.314 e. The molecule has 0 bridgehead atoms. The van der Waals surface area contributed by atoms with Gasteiger partial charge in [0, 0.05) is 6.92 Å². The molecule has 34 heavy (non-hydrogen) atoms. The van der Waals surface area contributed by atoms with Gasteiger partial charge < -0.3 is 9.29 Å². The lowest BCUT2D eigenvalue weighted by Gasteiger charge is -2.29. The summed E-state index contributed by atoms with van der Waals surface area (Å²) in [5.74, 6) is 0.134. The number of hydrogen-bond donors (Lipinski definition) is 1.